The lowest BCUT2D eigenvalue weighted by Crippen LogP contribution is -2.58. The van der Waals surface area contributed by atoms with E-state index in [1.165, 1.54) is 24.3 Å². The quantitative estimate of drug-likeness (QED) is 0.131. The first-order valence-corrected chi connectivity index (χ1v) is 9.47. The van der Waals surface area contributed by atoms with Crippen LogP contribution in [-0.2, 0) is 13.0 Å². The molecule has 0 aromatic heterocycles. The Morgan fingerprint density at radius 3 is 2.25 bits per heavy atom. The van der Waals surface area contributed by atoms with Gasteiger partial charge < -0.3 is 4.74 Å². The molecule has 0 fully saturated rings. The molecule has 2 rings (SSSR count). The van der Waals surface area contributed by atoms with Gasteiger partial charge in [-0.1, -0.05) is 35.3 Å². The number of halogens is 9. The number of rotatable bonds is 9. The number of benzene rings is 2. The number of nitrogens with zero attached hydrogens (tertiary/aromatic N) is 1. The standard InChI is InChI=1S/C20H15Cl2F7N2O/c1-2-3-14-8-12(10-30-31-20(28,29)18(23,24)19(25,26)27)5-7-17(14)32-11-13-4-6-15(21)16(22)9-13/h2,4-10,31H,1,3,11H2/b30-10+. The topological polar surface area (TPSA) is 33.6 Å². The van der Waals surface area contributed by atoms with E-state index in [1.54, 1.807) is 18.2 Å². The van der Waals surface area contributed by atoms with Gasteiger partial charge in [-0.15, -0.1) is 6.58 Å². The lowest BCUT2D eigenvalue weighted by Gasteiger charge is -2.27. The zero-order valence-corrected chi connectivity index (χ0v) is 17.5. The third kappa shape index (κ3) is 6.07. The molecule has 174 valence electrons. The Hall–Kier alpha value is -2.46. The number of nitrogens with one attached hydrogen (secondary N) is 1. The van der Waals surface area contributed by atoms with Crippen molar-refractivity contribution in [2.75, 3.05) is 0 Å². The summed E-state index contributed by atoms with van der Waals surface area (Å²) in [5, 5.41) is 3.55. The lowest BCUT2D eigenvalue weighted by atomic mass is 10.1. The second-order valence-electron chi connectivity index (χ2n) is 6.41. The first kappa shape index (κ1) is 25.8. The molecule has 0 amide bonds. The SMILES string of the molecule is C=CCc1cc(/C=N/NC(F)(F)C(F)(F)C(F)(F)F)ccc1OCc1ccc(Cl)c(Cl)c1. The molecule has 2 aromatic carbocycles. The fraction of sp³-hybridized carbons (Fsp3) is 0.250. The normalized spacial score (nSPS) is 12.8. The van der Waals surface area contributed by atoms with Crippen molar-refractivity contribution in [2.45, 2.75) is 31.2 Å². The molecule has 0 radical (unpaired) electrons. The second-order valence-corrected chi connectivity index (χ2v) is 7.23. The Kier molecular flexibility index (Phi) is 8.06. The Balaban J connectivity index is 2.14. The van der Waals surface area contributed by atoms with Gasteiger partial charge in [-0.3, -0.25) is 0 Å². The van der Waals surface area contributed by atoms with Crippen LogP contribution in [0.2, 0.25) is 10.0 Å². The maximum Gasteiger partial charge on any atom is 0.462 e. The van der Waals surface area contributed by atoms with Crippen LogP contribution in [0.3, 0.4) is 0 Å². The molecule has 0 bridgehead atoms. The lowest BCUT2D eigenvalue weighted by molar-refractivity contribution is -0.361. The van der Waals surface area contributed by atoms with Crippen molar-refractivity contribution in [3.05, 3.63) is 75.8 Å². The van der Waals surface area contributed by atoms with Gasteiger partial charge in [-0.2, -0.15) is 35.8 Å². The van der Waals surface area contributed by atoms with Crippen LogP contribution in [0.1, 0.15) is 16.7 Å². The number of alkyl halides is 7. The maximum absolute atomic E-state index is 13.2. The van der Waals surface area contributed by atoms with Gasteiger partial charge in [-0.05, 0) is 53.4 Å². The van der Waals surface area contributed by atoms with E-state index in [0.29, 0.717) is 38.6 Å². The molecule has 12 heteroatoms. The van der Waals surface area contributed by atoms with Crippen molar-refractivity contribution in [1.29, 1.82) is 0 Å². The number of hydrogen-bond donors (Lipinski definition) is 1. The molecular weight excluding hydrogens is 488 g/mol. The van der Waals surface area contributed by atoms with E-state index in [4.69, 9.17) is 27.9 Å². The summed E-state index contributed by atoms with van der Waals surface area (Å²) in [6.07, 6.45) is -3.97. The fourth-order valence-corrected chi connectivity index (χ4v) is 2.68. The number of ether oxygens (including phenoxy) is 1. The van der Waals surface area contributed by atoms with Crippen molar-refractivity contribution in [1.82, 2.24) is 5.43 Å². The minimum absolute atomic E-state index is 0.120. The van der Waals surface area contributed by atoms with E-state index in [2.05, 4.69) is 11.7 Å². The average molecular weight is 503 g/mol. The Morgan fingerprint density at radius 2 is 1.66 bits per heavy atom. The van der Waals surface area contributed by atoms with Gasteiger partial charge in [0.05, 0.1) is 16.3 Å². The van der Waals surface area contributed by atoms with Crippen molar-refractivity contribution >= 4 is 29.4 Å². The summed E-state index contributed by atoms with van der Waals surface area (Å²) in [5.41, 5.74) is 1.96. The van der Waals surface area contributed by atoms with Crippen molar-refractivity contribution in [3.63, 3.8) is 0 Å². The average Bonchev–Trinajstić information content (AvgIpc) is 2.69. The first-order chi connectivity index (χ1) is 14.8. The van der Waals surface area contributed by atoms with E-state index in [0.717, 1.165) is 0 Å². The number of hydrazone groups is 1. The van der Waals surface area contributed by atoms with Crippen LogP contribution < -0.4 is 10.2 Å². The molecular formula is C20H15Cl2F7N2O. The third-order valence-electron chi connectivity index (χ3n) is 4.00. The zero-order chi connectivity index (χ0) is 24.2. The molecule has 0 saturated heterocycles. The summed E-state index contributed by atoms with van der Waals surface area (Å²) in [7, 11) is 0. The van der Waals surface area contributed by atoms with Crippen LogP contribution in [-0.4, -0.2) is 24.4 Å². The van der Waals surface area contributed by atoms with Crippen LogP contribution in [0.15, 0.2) is 54.2 Å². The maximum atomic E-state index is 13.2. The minimum atomic E-state index is -6.45. The summed E-state index contributed by atoms with van der Waals surface area (Å²) in [5.74, 6) is -5.91. The molecule has 0 aliphatic rings. The van der Waals surface area contributed by atoms with Crippen LogP contribution in [0.25, 0.3) is 0 Å². The third-order valence-corrected chi connectivity index (χ3v) is 4.74. The molecule has 32 heavy (non-hydrogen) atoms. The predicted octanol–water partition coefficient (Wildman–Crippen LogP) is 7.01. The molecule has 0 aliphatic heterocycles. The van der Waals surface area contributed by atoms with E-state index < -0.39 is 18.1 Å². The number of hydrogen-bond acceptors (Lipinski definition) is 3. The second kappa shape index (κ2) is 9.99. The Labute approximate surface area is 188 Å². The van der Waals surface area contributed by atoms with E-state index in [-0.39, 0.29) is 18.6 Å². The highest BCUT2D eigenvalue weighted by Gasteiger charge is 2.73. The fourth-order valence-electron chi connectivity index (χ4n) is 2.36. The van der Waals surface area contributed by atoms with E-state index in [1.807, 2.05) is 0 Å². The summed E-state index contributed by atoms with van der Waals surface area (Å²) in [6, 6.07) is 3.50. The zero-order valence-electron chi connectivity index (χ0n) is 16.0. The highest BCUT2D eigenvalue weighted by molar-refractivity contribution is 6.42. The molecule has 0 heterocycles. The summed E-state index contributed by atoms with van der Waals surface area (Å²) >= 11 is 11.8. The molecule has 3 nitrogen and oxygen atoms in total. The highest BCUT2D eigenvalue weighted by Crippen LogP contribution is 2.45. The summed E-state index contributed by atoms with van der Waals surface area (Å²) in [4.78, 5) is 0. The largest absolute Gasteiger partial charge is 0.489 e. The molecule has 0 saturated carbocycles. The smallest absolute Gasteiger partial charge is 0.462 e. The van der Waals surface area contributed by atoms with Crippen LogP contribution in [0.5, 0.6) is 5.75 Å². The van der Waals surface area contributed by atoms with Gasteiger partial charge in [0.25, 0.3) is 0 Å². The van der Waals surface area contributed by atoms with Gasteiger partial charge in [-0.25, -0.2) is 5.43 Å². The van der Waals surface area contributed by atoms with Gasteiger partial charge in [0.1, 0.15) is 12.4 Å². The first-order valence-electron chi connectivity index (χ1n) is 8.71. The predicted molar refractivity (Wildman–Crippen MR) is 108 cm³/mol. The minimum Gasteiger partial charge on any atom is -0.489 e. The Bertz CT molecular complexity index is 994. The molecule has 1 N–H and O–H groups in total. The van der Waals surface area contributed by atoms with Crippen LogP contribution in [0, 0.1) is 0 Å². The van der Waals surface area contributed by atoms with Gasteiger partial charge in [0, 0.05) is 0 Å². The summed E-state index contributed by atoms with van der Waals surface area (Å²) < 4.78 is 94.3. The molecule has 0 unspecified atom stereocenters. The molecule has 2 aromatic rings. The summed E-state index contributed by atoms with van der Waals surface area (Å²) in [6.45, 7) is 3.71. The van der Waals surface area contributed by atoms with Crippen molar-refractivity contribution in [2.24, 2.45) is 5.10 Å². The van der Waals surface area contributed by atoms with Crippen molar-refractivity contribution < 1.29 is 35.5 Å². The van der Waals surface area contributed by atoms with Gasteiger partial charge in [0.2, 0.25) is 0 Å². The van der Waals surface area contributed by atoms with Crippen molar-refractivity contribution in [3.8, 4) is 5.75 Å². The van der Waals surface area contributed by atoms with E-state index >= 15 is 0 Å². The number of allylic oxidation sites excluding steroid dienone is 1. The van der Waals surface area contributed by atoms with Crippen LogP contribution in [0.4, 0.5) is 30.7 Å². The molecule has 0 spiro atoms. The highest BCUT2D eigenvalue weighted by atomic mass is 35.5. The van der Waals surface area contributed by atoms with Crippen LogP contribution >= 0.6 is 23.2 Å². The monoisotopic (exact) mass is 502 g/mol. The van der Waals surface area contributed by atoms with E-state index in [9.17, 15) is 30.7 Å². The van der Waals surface area contributed by atoms with Gasteiger partial charge >= 0.3 is 18.1 Å². The van der Waals surface area contributed by atoms with Gasteiger partial charge in [0.15, 0.2) is 0 Å². The molecule has 0 atom stereocenters. The Morgan fingerprint density at radius 1 is 0.969 bits per heavy atom. The molecule has 0 aliphatic carbocycles.